The first-order chi connectivity index (χ1) is 9.31. The van der Waals surface area contributed by atoms with Crippen molar-refractivity contribution in [3.63, 3.8) is 0 Å². The normalized spacial score (nSPS) is 10.2. The number of anilines is 2. The van der Waals surface area contributed by atoms with Crippen LogP contribution in [0.5, 0.6) is 6.01 Å². The Morgan fingerprint density at radius 1 is 1.16 bits per heavy atom. The SMILES string of the molecule is CCNc1nc(NCc2ccno2)nc(OCC)n1. The average molecular weight is 264 g/mol. The highest BCUT2D eigenvalue weighted by Crippen LogP contribution is 2.12. The Balaban J connectivity index is 2.08. The third-order valence-electron chi connectivity index (χ3n) is 2.14. The average Bonchev–Trinajstić information content (AvgIpc) is 2.90. The number of hydrogen-bond acceptors (Lipinski definition) is 8. The number of nitrogens with zero attached hydrogens (tertiary/aromatic N) is 4. The van der Waals surface area contributed by atoms with Crippen LogP contribution < -0.4 is 15.4 Å². The Bertz CT molecular complexity index is 478. The highest BCUT2D eigenvalue weighted by Gasteiger charge is 2.07. The van der Waals surface area contributed by atoms with E-state index in [0.717, 1.165) is 6.54 Å². The number of nitrogens with one attached hydrogen (secondary N) is 2. The fourth-order valence-electron chi connectivity index (χ4n) is 1.37. The van der Waals surface area contributed by atoms with Crippen LogP contribution in [0, 0.1) is 0 Å². The second-order valence-corrected chi connectivity index (χ2v) is 3.56. The Kier molecular flexibility index (Phi) is 4.49. The summed E-state index contributed by atoms with van der Waals surface area (Å²) in [5.74, 6) is 1.59. The van der Waals surface area contributed by atoms with E-state index in [2.05, 4.69) is 30.7 Å². The van der Waals surface area contributed by atoms with Gasteiger partial charge in [-0.15, -0.1) is 0 Å². The molecule has 0 radical (unpaired) electrons. The largest absolute Gasteiger partial charge is 0.464 e. The van der Waals surface area contributed by atoms with Gasteiger partial charge in [0.05, 0.1) is 19.3 Å². The predicted molar refractivity (Wildman–Crippen MR) is 69.0 cm³/mol. The van der Waals surface area contributed by atoms with Crippen molar-refractivity contribution >= 4 is 11.9 Å². The molecule has 2 N–H and O–H groups in total. The number of ether oxygens (including phenoxy) is 1. The molecule has 2 heterocycles. The van der Waals surface area contributed by atoms with Crippen molar-refractivity contribution in [3.8, 4) is 6.01 Å². The summed E-state index contributed by atoms with van der Waals surface area (Å²) in [6.07, 6.45) is 1.58. The van der Waals surface area contributed by atoms with Gasteiger partial charge in [0.1, 0.15) is 0 Å². The van der Waals surface area contributed by atoms with Crippen molar-refractivity contribution < 1.29 is 9.26 Å². The molecule has 2 rings (SSSR count). The third-order valence-corrected chi connectivity index (χ3v) is 2.14. The van der Waals surface area contributed by atoms with Gasteiger partial charge in [-0.25, -0.2) is 0 Å². The molecule has 0 amide bonds. The van der Waals surface area contributed by atoms with Gasteiger partial charge >= 0.3 is 6.01 Å². The summed E-state index contributed by atoms with van der Waals surface area (Å²) in [5.41, 5.74) is 0. The Morgan fingerprint density at radius 3 is 2.58 bits per heavy atom. The van der Waals surface area contributed by atoms with Crippen LogP contribution >= 0.6 is 0 Å². The van der Waals surface area contributed by atoms with Gasteiger partial charge in [0, 0.05) is 12.6 Å². The molecule has 0 atom stereocenters. The minimum absolute atomic E-state index is 0.286. The maximum atomic E-state index is 5.29. The number of rotatable bonds is 7. The molecule has 102 valence electrons. The molecule has 0 saturated heterocycles. The summed E-state index contributed by atoms with van der Waals surface area (Å²) in [6, 6.07) is 2.05. The van der Waals surface area contributed by atoms with Gasteiger partial charge in [-0.2, -0.15) is 15.0 Å². The Hall–Kier alpha value is -2.38. The van der Waals surface area contributed by atoms with Crippen molar-refractivity contribution in [2.75, 3.05) is 23.8 Å². The summed E-state index contributed by atoms with van der Waals surface area (Å²) < 4.78 is 10.3. The van der Waals surface area contributed by atoms with Gasteiger partial charge in [-0.1, -0.05) is 5.16 Å². The predicted octanol–water partition coefficient (Wildman–Crippen LogP) is 1.30. The van der Waals surface area contributed by atoms with Crippen LogP contribution in [0.2, 0.25) is 0 Å². The highest BCUT2D eigenvalue weighted by atomic mass is 16.5. The molecule has 2 aromatic heterocycles. The number of aromatic nitrogens is 4. The van der Waals surface area contributed by atoms with Crippen LogP contribution in [0.3, 0.4) is 0 Å². The van der Waals surface area contributed by atoms with Crippen molar-refractivity contribution in [2.45, 2.75) is 20.4 Å². The molecular formula is C11H16N6O2. The smallest absolute Gasteiger partial charge is 0.323 e. The van der Waals surface area contributed by atoms with Gasteiger partial charge in [0.2, 0.25) is 11.9 Å². The fraction of sp³-hybridized carbons (Fsp3) is 0.455. The van der Waals surface area contributed by atoms with Crippen molar-refractivity contribution in [2.24, 2.45) is 0 Å². The van der Waals surface area contributed by atoms with Gasteiger partial charge in [-0.05, 0) is 13.8 Å². The van der Waals surface area contributed by atoms with Gasteiger partial charge < -0.3 is 19.9 Å². The summed E-state index contributed by atoms with van der Waals surface area (Å²) >= 11 is 0. The lowest BCUT2D eigenvalue weighted by atomic mass is 10.4. The lowest BCUT2D eigenvalue weighted by Crippen LogP contribution is -2.10. The van der Waals surface area contributed by atoms with E-state index in [1.54, 1.807) is 12.3 Å². The second kappa shape index (κ2) is 6.53. The van der Waals surface area contributed by atoms with Crippen LogP contribution in [0.4, 0.5) is 11.9 Å². The molecule has 0 bridgehead atoms. The zero-order valence-corrected chi connectivity index (χ0v) is 10.9. The summed E-state index contributed by atoms with van der Waals surface area (Å²) in [4.78, 5) is 12.5. The zero-order valence-electron chi connectivity index (χ0n) is 10.9. The molecule has 0 aliphatic rings. The first-order valence-corrected chi connectivity index (χ1v) is 6.08. The van der Waals surface area contributed by atoms with Crippen LogP contribution in [-0.4, -0.2) is 33.3 Å². The second-order valence-electron chi connectivity index (χ2n) is 3.56. The minimum atomic E-state index is 0.286. The van der Waals surface area contributed by atoms with Crippen molar-refractivity contribution in [3.05, 3.63) is 18.0 Å². The molecule has 8 heteroatoms. The molecule has 19 heavy (non-hydrogen) atoms. The van der Waals surface area contributed by atoms with E-state index < -0.39 is 0 Å². The van der Waals surface area contributed by atoms with E-state index >= 15 is 0 Å². The summed E-state index contributed by atoms with van der Waals surface area (Å²) in [6.45, 7) is 5.50. The molecule has 0 saturated carbocycles. The molecule has 2 aromatic rings. The topological polar surface area (TPSA) is 98.0 Å². The zero-order chi connectivity index (χ0) is 13.5. The monoisotopic (exact) mass is 264 g/mol. The lowest BCUT2D eigenvalue weighted by molar-refractivity contribution is 0.312. The maximum absolute atomic E-state index is 5.29. The van der Waals surface area contributed by atoms with Crippen LogP contribution in [0.1, 0.15) is 19.6 Å². The number of hydrogen-bond donors (Lipinski definition) is 2. The Labute approximate surface area is 110 Å². The summed E-state index contributed by atoms with van der Waals surface area (Å²) in [7, 11) is 0. The fourth-order valence-corrected chi connectivity index (χ4v) is 1.37. The quantitative estimate of drug-likeness (QED) is 0.772. The lowest BCUT2D eigenvalue weighted by Gasteiger charge is -2.08. The van der Waals surface area contributed by atoms with E-state index in [-0.39, 0.29) is 6.01 Å². The molecule has 0 aliphatic heterocycles. The van der Waals surface area contributed by atoms with Crippen LogP contribution in [-0.2, 0) is 6.54 Å². The van der Waals surface area contributed by atoms with Crippen molar-refractivity contribution in [1.29, 1.82) is 0 Å². The first kappa shape index (κ1) is 13.1. The first-order valence-electron chi connectivity index (χ1n) is 6.08. The Morgan fingerprint density at radius 2 is 1.95 bits per heavy atom. The van der Waals surface area contributed by atoms with E-state index in [0.29, 0.717) is 30.8 Å². The van der Waals surface area contributed by atoms with Crippen LogP contribution in [0.25, 0.3) is 0 Å². The van der Waals surface area contributed by atoms with E-state index in [9.17, 15) is 0 Å². The standard InChI is InChI=1S/C11H16N6O2/c1-3-12-9-15-10(17-11(16-9)18-4-2)13-7-8-5-6-14-19-8/h5-6H,3-4,7H2,1-2H3,(H2,12,13,15,16,17). The minimum Gasteiger partial charge on any atom is -0.464 e. The van der Waals surface area contributed by atoms with Crippen molar-refractivity contribution in [1.82, 2.24) is 20.1 Å². The molecule has 0 aromatic carbocycles. The van der Waals surface area contributed by atoms with Gasteiger partial charge in [0.25, 0.3) is 0 Å². The summed E-state index contributed by atoms with van der Waals surface area (Å²) in [5, 5.41) is 9.67. The maximum Gasteiger partial charge on any atom is 0.323 e. The van der Waals surface area contributed by atoms with Gasteiger partial charge in [-0.3, -0.25) is 0 Å². The highest BCUT2D eigenvalue weighted by molar-refractivity contribution is 5.35. The van der Waals surface area contributed by atoms with E-state index in [1.807, 2.05) is 13.8 Å². The van der Waals surface area contributed by atoms with E-state index in [4.69, 9.17) is 9.26 Å². The molecule has 0 unspecified atom stereocenters. The molecule has 0 aliphatic carbocycles. The molecule has 0 spiro atoms. The molecular weight excluding hydrogens is 248 g/mol. The third kappa shape index (κ3) is 3.80. The molecule has 8 nitrogen and oxygen atoms in total. The molecule has 0 fully saturated rings. The van der Waals surface area contributed by atoms with E-state index in [1.165, 1.54) is 0 Å². The van der Waals surface area contributed by atoms with Gasteiger partial charge in [0.15, 0.2) is 5.76 Å². The van der Waals surface area contributed by atoms with Crippen LogP contribution in [0.15, 0.2) is 16.8 Å².